The Morgan fingerprint density at radius 1 is 1.24 bits per heavy atom. The molecule has 0 bridgehead atoms. The second-order valence-electron chi connectivity index (χ2n) is 5.58. The van der Waals surface area contributed by atoms with Crippen molar-refractivity contribution >= 4 is 15.5 Å². The van der Waals surface area contributed by atoms with Gasteiger partial charge in [-0.15, -0.1) is 0 Å². The number of nitrogens with zero attached hydrogens (tertiary/aromatic N) is 3. The average Bonchev–Trinajstić information content (AvgIpc) is 3.07. The minimum absolute atomic E-state index is 0.0357. The van der Waals surface area contributed by atoms with Crippen LogP contribution >= 0.6 is 0 Å². The Morgan fingerprint density at radius 3 is 2.68 bits per heavy atom. The van der Waals surface area contributed by atoms with Crippen molar-refractivity contribution < 1.29 is 26.3 Å². The van der Waals surface area contributed by atoms with Crippen LogP contribution in [0.1, 0.15) is 0 Å². The first-order valence-electron chi connectivity index (χ1n) is 7.53. The molecule has 2 aromatic rings. The molecule has 136 valence electrons. The van der Waals surface area contributed by atoms with Gasteiger partial charge in [-0.1, -0.05) is 12.1 Å². The first-order valence-corrected chi connectivity index (χ1v) is 9.02. The third-order valence-corrected chi connectivity index (χ3v) is 5.42. The number of alkyl halides is 3. The summed E-state index contributed by atoms with van der Waals surface area (Å²) in [7, 11) is -5.42. The summed E-state index contributed by atoms with van der Waals surface area (Å²) in [4.78, 5) is 0.873. The molecule has 1 aliphatic rings. The Hall–Kier alpha value is -2.07. The van der Waals surface area contributed by atoms with E-state index in [1.807, 2.05) is 0 Å². The standard InChI is InChI=1S/C15H16F3N3O3S/c16-15(17,18)25(22,23)14-5-2-1-4-13(14)20-8-9-24-12(10-20)11-21-7-3-6-19-21/h1-7,12H,8-11H2. The number of halogens is 3. The van der Waals surface area contributed by atoms with E-state index in [0.717, 1.165) is 6.07 Å². The molecule has 0 aliphatic carbocycles. The molecule has 0 radical (unpaired) electrons. The number of aromatic nitrogens is 2. The summed E-state index contributed by atoms with van der Waals surface area (Å²) in [5.41, 5.74) is -5.31. The van der Waals surface area contributed by atoms with Gasteiger partial charge >= 0.3 is 5.51 Å². The molecular weight excluding hydrogens is 359 g/mol. The molecule has 1 atom stereocenters. The van der Waals surface area contributed by atoms with Gasteiger partial charge in [0.1, 0.15) is 0 Å². The van der Waals surface area contributed by atoms with Crippen LogP contribution in [0.3, 0.4) is 0 Å². The minimum atomic E-state index is -5.42. The summed E-state index contributed by atoms with van der Waals surface area (Å²) < 4.78 is 69.9. The molecule has 10 heteroatoms. The lowest BCUT2D eigenvalue weighted by molar-refractivity contribution is -0.0435. The number of sulfone groups is 1. The molecule has 1 aliphatic heterocycles. The molecule has 2 heterocycles. The highest BCUT2D eigenvalue weighted by atomic mass is 32.2. The van der Waals surface area contributed by atoms with Gasteiger partial charge in [-0.05, 0) is 18.2 Å². The number of hydrogen-bond donors (Lipinski definition) is 0. The predicted octanol–water partition coefficient (Wildman–Crippen LogP) is 2.08. The Kier molecular flexibility index (Phi) is 4.74. The lowest BCUT2D eigenvalue weighted by Gasteiger charge is -2.35. The maximum Gasteiger partial charge on any atom is 0.501 e. The van der Waals surface area contributed by atoms with Crippen LogP contribution in [0.25, 0.3) is 0 Å². The van der Waals surface area contributed by atoms with Gasteiger partial charge in [0.2, 0.25) is 0 Å². The van der Waals surface area contributed by atoms with Gasteiger partial charge < -0.3 is 9.64 Å². The van der Waals surface area contributed by atoms with E-state index in [9.17, 15) is 21.6 Å². The van der Waals surface area contributed by atoms with E-state index in [2.05, 4.69) is 5.10 Å². The quantitative estimate of drug-likeness (QED) is 0.819. The largest absolute Gasteiger partial charge is 0.501 e. The van der Waals surface area contributed by atoms with Crippen LogP contribution in [-0.4, -0.2) is 49.5 Å². The van der Waals surface area contributed by atoms with Gasteiger partial charge in [0.25, 0.3) is 9.84 Å². The maximum atomic E-state index is 13.0. The molecule has 1 saturated heterocycles. The third-order valence-electron chi connectivity index (χ3n) is 3.89. The molecule has 1 unspecified atom stereocenters. The zero-order chi connectivity index (χ0) is 18.1. The highest BCUT2D eigenvalue weighted by Crippen LogP contribution is 2.36. The van der Waals surface area contributed by atoms with Crippen molar-refractivity contribution in [3.8, 4) is 0 Å². The van der Waals surface area contributed by atoms with Crippen molar-refractivity contribution in [1.29, 1.82) is 0 Å². The average molecular weight is 375 g/mol. The number of hydrogen-bond acceptors (Lipinski definition) is 5. The van der Waals surface area contributed by atoms with Crippen molar-refractivity contribution in [2.24, 2.45) is 0 Å². The summed E-state index contributed by atoms with van der Waals surface area (Å²) in [5.74, 6) is 0. The van der Waals surface area contributed by atoms with E-state index in [1.165, 1.54) is 18.2 Å². The van der Waals surface area contributed by atoms with Gasteiger partial charge in [0.05, 0.1) is 29.8 Å². The van der Waals surface area contributed by atoms with Gasteiger partial charge in [0.15, 0.2) is 0 Å². The van der Waals surface area contributed by atoms with Crippen molar-refractivity contribution in [1.82, 2.24) is 9.78 Å². The van der Waals surface area contributed by atoms with Gasteiger partial charge in [-0.25, -0.2) is 8.42 Å². The fourth-order valence-electron chi connectivity index (χ4n) is 2.74. The zero-order valence-electron chi connectivity index (χ0n) is 13.1. The van der Waals surface area contributed by atoms with Gasteiger partial charge in [-0.3, -0.25) is 4.68 Å². The fraction of sp³-hybridized carbons (Fsp3) is 0.400. The molecule has 0 spiro atoms. The van der Waals surface area contributed by atoms with Crippen LogP contribution in [0.5, 0.6) is 0 Å². The van der Waals surface area contributed by atoms with Crippen LogP contribution in [0.4, 0.5) is 18.9 Å². The van der Waals surface area contributed by atoms with E-state index in [1.54, 1.807) is 28.0 Å². The Bertz CT molecular complexity index is 822. The Balaban J connectivity index is 1.87. The molecular formula is C15H16F3N3O3S. The van der Waals surface area contributed by atoms with E-state index in [-0.39, 0.29) is 24.9 Å². The molecule has 3 rings (SSSR count). The van der Waals surface area contributed by atoms with Crippen LogP contribution in [0.15, 0.2) is 47.6 Å². The molecule has 0 saturated carbocycles. The molecule has 25 heavy (non-hydrogen) atoms. The summed E-state index contributed by atoms with van der Waals surface area (Å²) in [6.45, 7) is 1.29. The molecule has 1 aromatic carbocycles. The topological polar surface area (TPSA) is 64.4 Å². The van der Waals surface area contributed by atoms with E-state index in [0.29, 0.717) is 13.1 Å². The van der Waals surface area contributed by atoms with Gasteiger partial charge in [-0.2, -0.15) is 18.3 Å². The number of ether oxygens (including phenoxy) is 1. The predicted molar refractivity (Wildman–Crippen MR) is 83.9 cm³/mol. The van der Waals surface area contributed by atoms with Gasteiger partial charge in [0, 0.05) is 25.5 Å². The highest BCUT2D eigenvalue weighted by molar-refractivity contribution is 7.92. The van der Waals surface area contributed by atoms with Crippen LogP contribution in [-0.2, 0) is 21.1 Å². The number of benzene rings is 1. The monoisotopic (exact) mass is 375 g/mol. The van der Waals surface area contributed by atoms with Crippen molar-refractivity contribution in [3.63, 3.8) is 0 Å². The number of rotatable bonds is 4. The second kappa shape index (κ2) is 6.68. The number of para-hydroxylation sites is 1. The third kappa shape index (κ3) is 3.64. The first kappa shape index (κ1) is 17.7. The number of anilines is 1. The van der Waals surface area contributed by atoms with Crippen LogP contribution in [0, 0.1) is 0 Å². The van der Waals surface area contributed by atoms with E-state index >= 15 is 0 Å². The summed E-state index contributed by atoms with van der Waals surface area (Å²) in [6.07, 6.45) is 3.06. The van der Waals surface area contributed by atoms with Crippen molar-refractivity contribution in [3.05, 3.63) is 42.7 Å². The first-order chi connectivity index (χ1) is 11.8. The van der Waals surface area contributed by atoms with Crippen molar-refractivity contribution in [2.75, 3.05) is 24.6 Å². The molecule has 0 N–H and O–H groups in total. The second-order valence-corrected chi connectivity index (χ2v) is 7.49. The SMILES string of the molecule is O=S(=O)(c1ccccc1N1CCOC(Cn2cccn2)C1)C(F)(F)F. The summed E-state index contributed by atoms with van der Waals surface area (Å²) >= 11 is 0. The molecule has 6 nitrogen and oxygen atoms in total. The molecule has 0 amide bonds. The Labute approximate surface area is 142 Å². The summed E-state index contributed by atoms with van der Waals surface area (Å²) in [6, 6.07) is 6.92. The smallest absolute Gasteiger partial charge is 0.373 e. The molecule has 1 fully saturated rings. The highest BCUT2D eigenvalue weighted by Gasteiger charge is 2.48. The van der Waals surface area contributed by atoms with E-state index in [4.69, 9.17) is 4.74 Å². The van der Waals surface area contributed by atoms with Crippen molar-refractivity contribution in [2.45, 2.75) is 23.1 Å². The van der Waals surface area contributed by atoms with Crippen LogP contribution < -0.4 is 4.90 Å². The minimum Gasteiger partial charge on any atom is -0.373 e. The fourth-order valence-corrected chi connectivity index (χ4v) is 3.72. The summed E-state index contributed by atoms with van der Waals surface area (Å²) in [5, 5.41) is 4.07. The normalized spacial score (nSPS) is 19.2. The lowest BCUT2D eigenvalue weighted by Crippen LogP contribution is -2.45. The number of morpholine rings is 1. The van der Waals surface area contributed by atoms with E-state index < -0.39 is 20.2 Å². The Morgan fingerprint density at radius 2 is 2.00 bits per heavy atom. The maximum absolute atomic E-state index is 13.0. The molecule has 1 aromatic heterocycles. The van der Waals surface area contributed by atoms with Crippen LogP contribution in [0.2, 0.25) is 0 Å². The zero-order valence-corrected chi connectivity index (χ0v) is 13.9. The lowest BCUT2D eigenvalue weighted by atomic mass is 10.2.